The minimum Gasteiger partial charge on any atom is -0.480 e. The van der Waals surface area contributed by atoms with E-state index in [9.17, 15) is 9.59 Å². The van der Waals surface area contributed by atoms with E-state index in [1.807, 2.05) is 26.8 Å². The van der Waals surface area contributed by atoms with Crippen LogP contribution < -0.4 is 5.32 Å². The number of amides is 2. The van der Waals surface area contributed by atoms with Crippen molar-refractivity contribution >= 4 is 12.0 Å². The number of aliphatic carboxylic acids is 1. The Hall–Kier alpha value is -1.77. The van der Waals surface area contributed by atoms with Gasteiger partial charge in [0.05, 0.1) is 12.5 Å². The summed E-state index contributed by atoms with van der Waals surface area (Å²) in [4.78, 5) is 24.3. The van der Waals surface area contributed by atoms with Gasteiger partial charge < -0.3 is 15.3 Å². The number of hydrogen-bond acceptors (Lipinski definition) is 3. The van der Waals surface area contributed by atoms with Crippen molar-refractivity contribution in [2.75, 3.05) is 6.54 Å². The Kier molecular flexibility index (Phi) is 7.52. The quantitative estimate of drug-likeness (QED) is 0.722. The Bertz CT molecular complexity index is 323. The maximum Gasteiger partial charge on any atom is 0.326 e. The SMILES string of the molecule is CCC[C@@H](NC(=O)N(CCC#N)C(C)C)C(=O)O. The van der Waals surface area contributed by atoms with Crippen molar-refractivity contribution in [1.29, 1.82) is 5.26 Å². The second kappa shape index (κ2) is 8.34. The molecule has 0 radical (unpaired) electrons. The molecule has 102 valence electrons. The van der Waals surface area contributed by atoms with Crippen molar-refractivity contribution in [1.82, 2.24) is 10.2 Å². The van der Waals surface area contributed by atoms with Gasteiger partial charge in [0.2, 0.25) is 0 Å². The number of nitrogens with zero attached hydrogens (tertiary/aromatic N) is 2. The van der Waals surface area contributed by atoms with Crippen molar-refractivity contribution in [3.63, 3.8) is 0 Å². The van der Waals surface area contributed by atoms with Crippen molar-refractivity contribution < 1.29 is 14.7 Å². The number of rotatable bonds is 7. The number of hydrogen-bond donors (Lipinski definition) is 2. The lowest BCUT2D eigenvalue weighted by molar-refractivity contribution is -0.139. The lowest BCUT2D eigenvalue weighted by atomic mass is 10.2. The third-order valence-electron chi connectivity index (χ3n) is 2.52. The molecule has 0 rings (SSSR count). The van der Waals surface area contributed by atoms with Crippen LogP contribution in [0.4, 0.5) is 4.79 Å². The van der Waals surface area contributed by atoms with E-state index in [-0.39, 0.29) is 12.5 Å². The molecule has 0 spiro atoms. The summed E-state index contributed by atoms with van der Waals surface area (Å²) >= 11 is 0. The van der Waals surface area contributed by atoms with Crippen LogP contribution in [0.15, 0.2) is 0 Å². The zero-order valence-corrected chi connectivity index (χ0v) is 11.1. The third kappa shape index (κ3) is 5.53. The zero-order valence-electron chi connectivity index (χ0n) is 11.1. The smallest absolute Gasteiger partial charge is 0.326 e. The average molecular weight is 255 g/mol. The first-order valence-electron chi connectivity index (χ1n) is 6.10. The van der Waals surface area contributed by atoms with Crippen molar-refractivity contribution in [3.8, 4) is 6.07 Å². The van der Waals surface area contributed by atoms with E-state index in [1.165, 1.54) is 4.90 Å². The summed E-state index contributed by atoms with van der Waals surface area (Å²) in [6, 6.07) is 0.597. The van der Waals surface area contributed by atoms with Gasteiger partial charge in [0.15, 0.2) is 0 Å². The monoisotopic (exact) mass is 255 g/mol. The number of carbonyl (C=O) groups is 2. The number of carboxylic acid groups (broad SMARTS) is 1. The van der Waals surface area contributed by atoms with E-state index in [0.717, 1.165) is 0 Å². The first-order chi connectivity index (χ1) is 8.43. The lowest BCUT2D eigenvalue weighted by Crippen LogP contribution is -2.50. The van der Waals surface area contributed by atoms with Gasteiger partial charge in [-0.05, 0) is 20.3 Å². The predicted octanol–water partition coefficient (Wildman–Crippen LogP) is 1.57. The summed E-state index contributed by atoms with van der Waals surface area (Å²) in [6.07, 6.45) is 1.31. The van der Waals surface area contributed by atoms with E-state index in [2.05, 4.69) is 5.32 Å². The van der Waals surface area contributed by atoms with Crippen LogP contribution in [-0.2, 0) is 4.79 Å². The number of urea groups is 1. The van der Waals surface area contributed by atoms with E-state index >= 15 is 0 Å². The van der Waals surface area contributed by atoms with Crippen LogP contribution in [0.3, 0.4) is 0 Å². The molecule has 0 aromatic rings. The molecule has 6 heteroatoms. The van der Waals surface area contributed by atoms with Gasteiger partial charge in [0.25, 0.3) is 0 Å². The van der Waals surface area contributed by atoms with Gasteiger partial charge in [-0.25, -0.2) is 9.59 Å². The standard InChI is InChI=1S/C12H21N3O3/c1-4-6-10(11(16)17)14-12(18)15(9(2)3)8-5-7-13/h9-10H,4-6,8H2,1-3H3,(H,14,18)(H,16,17)/t10-/m1/s1. The summed E-state index contributed by atoms with van der Waals surface area (Å²) in [6.45, 7) is 5.82. The number of carbonyl (C=O) groups excluding carboxylic acids is 1. The molecule has 0 aromatic carbocycles. The van der Waals surface area contributed by atoms with Gasteiger partial charge in [-0.2, -0.15) is 5.26 Å². The minimum absolute atomic E-state index is 0.0746. The first-order valence-corrected chi connectivity index (χ1v) is 6.10. The van der Waals surface area contributed by atoms with E-state index in [0.29, 0.717) is 19.4 Å². The maximum atomic E-state index is 11.9. The van der Waals surface area contributed by atoms with Crippen LogP contribution in [0, 0.1) is 11.3 Å². The third-order valence-corrected chi connectivity index (χ3v) is 2.52. The van der Waals surface area contributed by atoms with Crippen LogP contribution in [0.25, 0.3) is 0 Å². The van der Waals surface area contributed by atoms with Gasteiger partial charge in [-0.3, -0.25) is 0 Å². The molecule has 0 unspecified atom stereocenters. The van der Waals surface area contributed by atoms with Crippen molar-refractivity contribution in [2.45, 2.75) is 52.1 Å². The van der Waals surface area contributed by atoms with Crippen LogP contribution >= 0.6 is 0 Å². The van der Waals surface area contributed by atoms with E-state index in [1.54, 1.807) is 0 Å². The molecule has 0 aliphatic carbocycles. The van der Waals surface area contributed by atoms with Crippen molar-refractivity contribution in [2.24, 2.45) is 0 Å². The average Bonchev–Trinajstić information content (AvgIpc) is 2.28. The maximum absolute atomic E-state index is 11.9. The van der Waals surface area contributed by atoms with Gasteiger partial charge in [0.1, 0.15) is 6.04 Å². The summed E-state index contributed by atoms with van der Waals surface area (Å²) in [7, 11) is 0. The van der Waals surface area contributed by atoms with Crippen molar-refractivity contribution in [3.05, 3.63) is 0 Å². The second-order valence-corrected chi connectivity index (χ2v) is 4.32. The Morgan fingerprint density at radius 1 is 1.44 bits per heavy atom. The molecular formula is C12H21N3O3. The summed E-state index contributed by atoms with van der Waals surface area (Å²) in [5, 5.41) is 20.0. The molecule has 0 bridgehead atoms. The topological polar surface area (TPSA) is 93.4 Å². The van der Waals surface area contributed by atoms with Gasteiger partial charge >= 0.3 is 12.0 Å². The van der Waals surface area contributed by atoms with E-state index in [4.69, 9.17) is 10.4 Å². The molecule has 0 heterocycles. The van der Waals surface area contributed by atoms with Crippen LogP contribution in [0.2, 0.25) is 0 Å². The molecule has 0 fully saturated rings. The normalized spacial score (nSPS) is 11.7. The number of nitrogens with one attached hydrogen (secondary N) is 1. The Labute approximate surface area is 108 Å². The number of nitriles is 1. The van der Waals surface area contributed by atoms with E-state index < -0.39 is 18.0 Å². The molecule has 0 aliphatic rings. The molecule has 18 heavy (non-hydrogen) atoms. The molecular weight excluding hydrogens is 234 g/mol. The molecule has 2 amide bonds. The Balaban J connectivity index is 4.57. The highest BCUT2D eigenvalue weighted by atomic mass is 16.4. The highest BCUT2D eigenvalue weighted by Crippen LogP contribution is 2.03. The molecule has 0 saturated carbocycles. The van der Waals surface area contributed by atoms with Gasteiger partial charge in [-0.1, -0.05) is 13.3 Å². The predicted molar refractivity (Wildman–Crippen MR) is 66.9 cm³/mol. The summed E-state index contributed by atoms with van der Waals surface area (Å²) in [5.74, 6) is -1.03. The fourth-order valence-electron chi connectivity index (χ4n) is 1.54. The molecule has 6 nitrogen and oxygen atoms in total. The highest BCUT2D eigenvalue weighted by molar-refractivity contribution is 5.82. The second-order valence-electron chi connectivity index (χ2n) is 4.32. The molecule has 1 atom stereocenters. The fourth-order valence-corrected chi connectivity index (χ4v) is 1.54. The first kappa shape index (κ1) is 16.2. The van der Waals surface area contributed by atoms with Gasteiger partial charge in [0, 0.05) is 12.6 Å². The molecule has 0 aliphatic heterocycles. The highest BCUT2D eigenvalue weighted by Gasteiger charge is 2.23. The van der Waals surface area contributed by atoms with Crippen LogP contribution in [0.5, 0.6) is 0 Å². The number of carboxylic acids is 1. The lowest BCUT2D eigenvalue weighted by Gasteiger charge is -2.27. The molecule has 0 saturated heterocycles. The largest absolute Gasteiger partial charge is 0.480 e. The van der Waals surface area contributed by atoms with Crippen LogP contribution in [0.1, 0.15) is 40.0 Å². The zero-order chi connectivity index (χ0) is 14.1. The minimum atomic E-state index is -1.03. The van der Waals surface area contributed by atoms with Gasteiger partial charge in [-0.15, -0.1) is 0 Å². The Morgan fingerprint density at radius 2 is 2.06 bits per heavy atom. The van der Waals surface area contributed by atoms with Crippen LogP contribution in [-0.4, -0.2) is 40.6 Å². The summed E-state index contributed by atoms with van der Waals surface area (Å²) < 4.78 is 0. The fraction of sp³-hybridized carbons (Fsp3) is 0.750. The Morgan fingerprint density at radius 3 is 2.44 bits per heavy atom. The molecule has 0 aromatic heterocycles. The summed E-state index contributed by atoms with van der Waals surface area (Å²) in [5.41, 5.74) is 0. The molecule has 2 N–H and O–H groups in total.